The minimum absolute atomic E-state index is 0.0900. The molecule has 6 nitrogen and oxygen atoms in total. The summed E-state index contributed by atoms with van der Waals surface area (Å²) in [6.45, 7) is 0. The van der Waals surface area contributed by atoms with Crippen molar-refractivity contribution in [1.82, 2.24) is 0 Å². The Hall–Kier alpha value is -3.81. The second-order valence-electron chi connectivity index (χ2n) is 7.73. The average Bonchev–Trinajstić information content (AvgIpc) is 2.87. The summed E-state index contributed by atoms with van der Waals surface area (Å²) in [6.07, 6.45) is 0.0900. The molecule has 0 heterocycles. The molecule has 0 bridgehead atoms. The van der Waals surface area contributed by atoms with E-state index in [1.165, 1.54) is 11.4 Å². The van der Waals surface area contributed by atoms with Crippen LogP contribution in [0, 0.1) is 0 Å². The summed E-state index contributed by atoms with van der Waals surface area (Å²) in [5.41, 5.74) is 1.67. The molecule has 0 aliphatic heterocycles. The number of halogens is 1. The molecule has 0 fully saturated rings. The predicted molar refractivity (Wildman–Crippen MR) is 139 cm³/mol. The normalized spacial score (nSPS) is 11.0. The molecule has 0 atom stereocenters. The molecule has 4 rings (SSSR count). The molecular formula is C27H23ClN2O4S. The summed E-state index contributed by atoms with van der Waals surface area (Å²) in [5.74, 6) is 0.843. The minimum Gasteiger partial charge on any atom is -0.455 e. The van der Waals surface area contributed by atoms with Gasteiger partial charge in [0.15, 0.2) is 5.75 Å². The highest BCUT2D eigenvalue weighted by atomic mass is 35.5. The van der Waals surface area contributed by atoms with Gasteiger partial charge in [-0.15, -0.1) is 0 Å². The second kappa shape index (κ2) is 10.6. The van der Waals surface area contributed by atoms with E-state index < -0.39 is 10.0 Å². The zero-order valence-corrected chi connectivity index (χ0v) is 20.5. The predicted octanol–water partition coefficient (Wildman–Crippen LogP) is 6.14. The zero-order valence-electron chi connectivity index (χ0n) is 18.9. The lowest BCUT2D eigenvalue weighted by Crippen LogP contribution is -2.26. The number of nitrogens with zero attached hydrogens (tertiary/aromatic N) is 1. The molecule has 178 valence electrons. The van der Waals surface area contributed by atoms with Gasteiger partial charge in [-0.1, -0.05) is 60.1 Å². The van der Waals surface area contributed by atoms with Crippen LogP contribution in [0.4, 0.5) is 11.4 Å². The lowest BCUT2D eigenvalue weighted by molar-refractivity contribution is -0.115. The van der Waals surface area contributed by atoms with Crippen LogP contribution in [0.1, 0.15) is 5.56 Å². The van der Waals surface area contributed by atoms with E-state index in [-0.39, 0.29) is 17.2 Å². The Balaban J connectivity index is 1.44. The second-order valence-corrected chi connectivity index (χ2v) is 10.1. The number of hydrogen-bond acceptors (Lipinski definition) is 4. The number of amides is 1. The first-order chi connectivity index (χ1) is 16.8. The number of benzene rings is 4. The molecule has 0 aromatic heterocycles. The van der Waals surface area contributed by atoms with Crippen molar-refractivity contribution in [3.05, 3.63) is 114 Å². The Labute approximate surface area is 209 Å². The van der Waals surface area contributed by atoms with Gasteiger partial charge in [-0.2, -0.15) is 0 Å². The molecule has 0 unspecified atom stereocenters. The highest BCUT2D eigenvalue weighted by Gasteiger charge is 2.21. The van der Waals surface area contributed by atoms with Gasteiger partial charge in [-0.3, -0.25) is 9.10 Å². The number of carbonyl (C=O) groups excluding carboxylic acids is 1. The van der Waals surface area contributed by atoms with E-state index in [0.717, 1.165) is 5.56 Å². The van der Waals surface area contributed by atoms with E-state index in [1.807, 2.05) is 30.3 Å². The number of nitrogens with one attached hydrogen (secondary N) is 1. The van der Waals surface area contributed by atoms with Gasteiger partial charge in [0.05, 0.1) is 22.7 Å². The largest absolute Gasteiger partial charge is 0.455 e. The third-order valence-corrected chi connectivity index (χ3v) is 7.29. The number of para-hydroxylation sites is 1. The highest BCUT2D eigenvalue weighted by molar-refractivity contribution is 7.92. The fraction of sp³-hybridized carbons (Fsp3) is 0.0741. The van der Waals surface area contributed by atoms with Gasteiger partial charge in [0.2, 0.25) is 5.91 Å². The van der Waals surface area contributed by atoms with Crippen LogP contribution in [0.3, 0.4) is 0 Å². The van der Waals surface area contributed by atoms with E-state index in [0.29, 0.717) is 27.9 Å². The quantitative estimate of drug-likeness (QED) is 0.311. The van der Waals surface area contributed by atoms with E-state index in [9.17, 15) is 13.2 Å². The van der Waals surface area contributed by atoms with Crippen molar-refractivity contribution in [2.24, 2.45) is 0 Å². The molecule has 0 radical (unpaired) electrons. The first kappa shape index (κ1) is 24.3. The molecule has 0 saturated carbocycles. The zero-order chi connectivity index (χ0) is 24.8. The van der Waals surface area contributed by atoms with E-state index in [4.69, 9.17) is 16.3 Å². The van der Waals surface area contributed by atoms with Crippen LogP contribution in [-0.4, -0.2) is 21.4 Å². The molecule has 0 saturated heterocycles. The lowest BCUT2D eigenvalue weighted by atomic mass is 10.1. The van der Waals surface area contributed by atoms with Gasteiger partial charge in [-0.05, 0) is 60.2 Å². The molecule has 8 heteroatoms. The van der Waals surface area contributed by atoms with Crippen molar-refractivity contribution in [2.45, 2.75) is 11.3 Å². The van der Waals surface area contributed by atoms with Crippen molar-refractivity contribution >= 4 is 38.9 Å². The smallest absolute Gasteiger partial charge is 0.264 e. The fourth-order valence-electron chi connectivity index (χ4n) is 3.40. The molecule has 0 aliphatic rings. The maximum absolute atomic E-state index is 12.8. The van der Waals surface area contributed by atoms with Crippen LogP contribution in [0.2, 0.25) is 5.02 Å². The van der Waals surface area contributed by atoms with Crippen molar-refractivity contribution < 1.29 is 17.9 Å². The Morgan fingerprint density at radius 3 is 2.17 bits per heavy atom. The Morgan fingerprint density at radius 2 is 1.51 bits per heavy atom. The summed E-state index contributed by atoms with van der Waals surface area (Å²) >= 11 is 6.13. The number of rotatable bonds is 8. The van der Waals surface area contributed by atoms with Crippen molar-refractivity contribution in [1.29, 1.82) is 0 Å². The first-order valence-corrected chi connectivity index (χ1v) is 12.6. The molecule has 4 aromatic carbocycles. The molecular weight excluding hydrogens is 484 g/mol. The number of hydrogen-bond donors (Lipinski definition) is 1. The van der Waals surface area contributed by atoms with Crippen molar-refractivity contribution in [3.63, 3.8) is 0 Å². The molecule has 0 spiro atoms. The summed E-state index contributed by atoms with van der Waals surface area (Å²) in [6, 6.07) is 29.3. The van der Waals surface area contributed by atoms with Gasteiger partial charge in [0, 0.05) is 12.1 Å². The maximum atomic E-state index is 12.8. The van der Waals surface area contributed by atoms with Crippen LogP contribution >= 0.6 is 11.6 Å². The average molecular weight is 507 g/mol. The number of carbonyl (C=O) groups is 1. The SMILES string of the molecule is CN(c1ccc(CC(=O)Nc2cc(Cl)ccc2Oc2ccccc2)cc1)S(=O)(=O)c1ccccc1. The van der Waals surface area contributed by atoms with Gasteiger partial charge in [0.1, 0.15) is 5.75 Å². The molecule has 1 N–H and O–H groups in total. The summed E-state index contributed by atoms with van der Waals surface area (Å²) in [5, 5.41) is 3.31. The van der Waals surface area contributed by atoms with Crippen LogP contribution < -0.4 is 14.4 Å². The van der Waals surface area contributed by atoms with Gasteiger partial charge in [0.25, 0.3) is 10.0 Å². The minimum atomic E-state index is -3.68. The van der Waals surface area contributed by atoms with E-state index in [2.05, 4.69) is 5.32 Å². The number of anilines is 2. The fourth-order valence-corrected chi connectivity index (χ4v) is 4.79. The highest BCUT2D eigenvalue weighted by Crippen LogP contribution is 2.32. The Kier molecular flexibility index (Phi) is 7.39. The Morgan fingerprint density at radius 1 is 0.886 bits per heavy atom. The van der Waals surface area contributed by atoms with Gasteiger partial charge < -0.3 is 10.1 Å². The van der Waals surface area contributed by atoms with Crippen LogP contribution in [0.15, 0.2) is 108 Å². The lowest BCUT2D eigenvalue weighted by Gasteiger charge is -2.19. The van der Waals surface area contributed by atoms with Crippen LogP contribution in [0.5, 0.6) is 11.5 Å². The van der Waals surface area contributed by atoms with Gasteiger partial charge in [-0.25, -0.2) is 8.42 Å². The third-order valence-electron chi connectivity index (χ3n) is 5.25. The van der Waals surface area contributed by atoms with Crippen LogP contribution in [0.25, 0.3) is 0 Å². The molecule has 1 amide bonds. The summed E-state index contributed by atoms with van der Waals surface area (Å²) in [4.78, 5) is 13.0. The van der Waals surface area contributed by atoms with E-state index >= 15 is 0 Å². The molecule has 4 aromatic rings. The topological polar surface area (TPSA) is 75.7 Å². The van der Waals surface area contributed by atoms with Crippen molar-refractivity contribution in [3.8, 4) is 11.5 Å². The third kappa shape index (κ3) is 6.01. The van der Waals surface area contributed by atoms with Gasteiger partial charge >= 0.3 is 0 Å². The summed E-state index contributed by atoms with van der Waals surface area (Å²) < 4.78 is 32.8. The molecule has 35 heavy (non-hydrogen) atoms. The Bertz CT molecular complexity index is 1410. The van der Waals surface area contributed by atoms with Crippen LogP contribution in [-0.2, 0) is 21.2 Å². The number of sulfonamides is 1. The number of ether oxygens (including phenoxy) is 1. The van der Waals surface area contributed by atoms with E-state index in [1.54, 1.807) is 72.8 Å². The maximum Gasteiger partial charge on any atom is 0.264 e. The summed E-state index contributed by atoms with van der Waals surface area (Å²) in [7, 11) is -2.18. The monoisotopic (exact) mass is 506 g/mol. The molecule has 0 aliphatic carbocycles. The first-order valence-electron chi connectivity index (χ1n) is 10.8. The van der Waals surface area contributed by atoms with Crippen molar-refractivity contribution in [2.75, 3.05) is 16.7 Å². The standard InChI is InChI=1S/C27H23ClN2O4S/c1-30(35(32,33)24-10-6-3-7-11-24)22-15-12-20(13-16-22)18-27(31)29-25-19-21(28)14-17-26(25)34-23-8-4-2-5-9-23/h2-17,19H,18H2,1H3,(H,29,31).